The summed E-state index contributed by atoms with van der Waals surface area (Å²) in [6, 6.07) is 9.02. The average Bonchev–Trinajstić information content (AvgIpc) is 2.73. The third kappa shape index (κ3) is 5.91. The summed E-state index contributed by atoms with van der Waals surface area (Å²) >= 11 is 12.3. The first kappa shape index (κ1) is 23.6. The van der Waals surface area contributed by atoms with Crippen molar-refractivity contribution in [2.24, 2.45) is 10.3 Å². The zero-order valence-corrected chi connectivity index (χ0v) is 18.1. The molecule has 0 saturated heterocycles. The van der Waals surface area contributed by atoms with Gasteiger partial charge in [-0.1, -0.05) is 45.6 Å². The fraction of sp³-hybridized carbons (Fsp3) is 0.250. The van der Waals surface area contributed by atoms with Crippen LogP contribution in [0.3, 0.4) is 0 Å². The molecule has 0 aliphatic heterocycles. The Hall–Kier alpha value is -2.68. The van der Waals surface area contributed by atoms with E-state index in [2.05, 4.69) is 15.6 Å². The molecule has 0 radical (unpaired) electrons. The second kappa shape index (κ2) is 11.5. The normalized spacial score (nSPS) is 11.9. The van der Waals surface area contributed by atoms with Gasteiger partial charge in [-0.15, -0.1) is 0 Å². The van der Waals surface area contributed by atoms with Crippen molar-refractivity contribution >= 4 is 40.5 Å². The number of carbonyl (C=O) groups excluding carboxylic acids is 1. The first-order valence-corrected chi connectivity index (χ1v) is 9.42. The van der Waals surface area contributed by atoms with Crippen molar-refractivity contribution in [1.82, 2.24) is 5.32 Å². The highest BCUT2D eigenvalue weighted by Crippen LogP contribution is 2.23. The topological polar surface area (TPSA) is 81.5 Å². The number of amides is 1. The summed E-state index contributed by atoms with van der Waals surface area (Å²) in [5.74, 6) is -0.990. The molecule has 0 atom stereocenters. The van der Waals surface area contributed by atoms with Gasteiger partial charge in [0, 0.05) is 40.9 Å². The number of methoxy groups -OCH3 is 1. The van der Waals surface area contributed by atoms with Crippen LogP contribution in [0.5, 0.6) is 0 Å². The van der Waals surface area contributed by atoms with Gasteiger partial charge in [-0.2, -0.15) is 0 Å². The first-order chi connectivity index (χ1) is 14.4. The fourth-order valence-electron chi connectivity index (χ4n) is 2.53. The Bertz CT molecular complexity index is 967. The van der Waals surface area contributed by atoms with E-state index in [-0.39, 0.29) is 30.2 Å². The van der Waals surface area contributed by atoms with E-state index < -0.39 is 11.7 Å². The maximum Gasteiger partial charge on any atom is 0.273 e. The maximum atomic E-state index is 14.2. The summed E-state index contributed by atoms with van der Waals surface area (Å²) in [6.07, 6.45) is 0. The molecule has 10 heteroatoms. The summed E-state index contributed by atoms with van der Waals surface area (Å²) in [7, 11) is 4.24. The molecule has 0 saturated carbocycles. The SMILES string of the molecule is CNC(=O)/C(=N/OC)c1cccc(Cl)c1CO/N=C(\COC)c1cc(Cl)ccc1F. The van der Waals surface area contributed by atoms with E-state index in [1.54, 1.807) is 18.2 Å². The highest BCUT2D eigenvalue weighted by Gasteiger charge is 2.20. The first-order valence-electron chi connectivity index (χ1n) is 8.67. The van der Waals surface area contributed by atoms with Crippen LogP contribution in [0.15, 0.2) is 46.7 Å². The van der Waals surface area contributed by atoms with Gasteiger partial charge in [-0.05, 0) is 24.3 Å². The molecular weight excluding hydrogens is 436 g/mol. The Labute approximate surface area is 183 Å². The van der Waals surface area contributed by atoms with Crippen LogP contribution in [-0.4, -0.2) is 45.2 Å². The molecule has 0 spiro atoms. The highest BCUT2D eigenvalue weighted by molar-refractivity contribution is 6.46. The monoisotopic (exact) mass is 455 g/mol. The molecule has 0 aromatic heterocycles. The summed E-state index contributed by atoms with van der Waals surface area (Å²) in [6.45, 7) is -0.134. The zero-order valence-electron chi connectivity index (χ0n) is 16.5. The van der Waals surface area contributed by atoms with Crippen LogP contribution in [0, 0.1) is 5.82 Å². The minimum Gasteiger partial charge on any atom is -0.398 e. The van der Waals surface area contributed by atoms with Crippen molar-refractivity contribution < 1.29 is 23.6 Å². The number of nitrogens with zero attached hydrogens (tertiary/aromatic N) is 2. The van der Waals surface area contributed by atoms with Crippen LogP contribution in [-0.2, 0) is 25.8 Å². The number of hydrogen-bond acceptors (Lipinski definition) is 6. The summed E-state index contributed by atoms with van der Waals surface area (Å²) in [5.41, 5.74) is 1.22. The smallest absolute Gasteiger partial charge is 0.273 e. The van der Waals surface area contributed by atoms with Gasteiger partial charge in [-0.3, -0.25) is 4.79 Å². The van der Waals surface area contributed by atoms with Crippen LogP contribution in [0.2, 0.25) is 10.0 Å². The quantitative estimate of drug-likeness (QED) is 0.460. The predicted octanol–water partition coefficient (Wildman–Crippen LogP) is 3.80. The third-order valence-electron chi connectivity index (χ3n) is 3.90. The van der Waals surface area contributed by atoms with Gasteiger partial charge >= 0.3 is 0 Å². The third-order valence-corrected chi connectivity index (χ3v) is 4.49. The Balaban J connectivity index is 2.37. The molecule has 2 rings (SSSR count). The number of likely N-dealkylation sites (N-methyl/N-ethyl adjacent to an activating group) is 1. The molecule has 0 heterocycles. The molecule has 2 aromatic carbocycles. The summed E-state index contributed by atoms with van der Waals surface area (Å²) in [5, 5.41) is 10.9. The molecule has 160 valence electrons. The van der Waals surface area contributed by atoms with Crippen molar-refractivity contribution in [3.05, 3.63) is 69.0 Å². The van der Waals surface area contributed by atoms with E-state index in [1.165, 1.54) is 39.5 Å². The molecule has 0 unspecified atom stereocenters. The minimum atomic E-state index is -0.522. The van der Waals surface area contributed by atoms with Crippen LogP contribution in [0.1, 0.15) is 16.7 Å². The molecule has 0 aliphatic carbocycles. The zero-order chi connectivity index (χ0) is 22.1. The van der Waals surface area contributed by atoms with Gasteiger partial charge in [0.2, 0.25) is 0 Å². The number of nitrogens with one attached hydrogen (secondary N) is 1. The van der Waals surface area contributed by atoms with Crippen LogP contribution in [0.25, 0.3) is 0 Å². The van der Waals surface area contributed by atoms with Crippen molar-refractivity contribution in [1.29, 1.82) is 0 Å². The van der Waals surface area contributed by atoms with Crippen molar-refractivity contribution in [2.45, 2.75) is 6.61 Å². The molecule has 30 heavy (non-hydrogen) atoms. The number of rotatable bonds is 9. The standard InChI is InChI=1S/C20H20Cl2FN3O4/c1-24-20(27)19(26-29-3)13-5-4-6-16(22)15(13)10-30-25-18(11-28-2)14-9-12(21)7-8-17(14)23/h4-9H,10-11H2,1-3H3,(H,24,27)/b25-18+,26-19+. The van der Waals surface area contributed by atoms with Crippen molar-refractivity contribution in [3.63, 3.8) is 0 Å². The van der Waals surface area contributed by atoms with Gasteiger partial charge in [0.1, 0.15) is 25.2 Å². The lowest BCUT2D eigenvalue weighted by atomic mass is 10.0. The lowest BCUT2D eigenvalue weighted by Crippen LogP contribution is -2.29. The van der Waals surface area contributed by atoms with Gasteiger partial charge in [0.15, 0.2) is 5.71 Å². The molecular formula is C20H20Cl2FN3O4. The number of benzene rings is 2. The summed E-state index contributed by atoms with van der Waals surface area (Å²) < 4.78 is 19.3. The lowest BCUT2D eigenvalue weighted by Gasteiger charge is -2.12. The summed E-state index contributed by atoms with van der Waals surface area (Å²) in [4.78, 5) is 22.4. The maximum absolute atomic E-state index is 14.2. The Kier molecular flexibility index (Phi) is 9.04. The molecule has 0 aliphatic rings. The van der Waals surface area contributed by atoms with Crippen molar-refractivity contribution in [2.75, 3.05) is 27.9 Å². The van der Waals surface area contributed by atoms with Crippen molar-refractivity contribution in [3.8, 4) is 0 Å². The Morgan fingerprint density at radius 2 is 1.90 bits per heavy atom. The van der Waals surface area contributed by atoms with Gasteiger partial charge in [0.05, 0.1) is 6.61 Å². The number of hydrogen-bond donors (Lipinski definition) is 1. The van der Waals surface area contributed by atoms with Crippen LogP contribution < -0.4 is 5.32 Å². The second-order valence-corrected chi connectivity index (χ2v) is 6.68. The average molecular weight is 456 g/mol. The number of carbonyl (C=O) groups is 1. The van der Waals surface area contributed by atoms with E-state index in [0.717, 1.165) is 0 Å². The molecule has 7 nitrogen and oxygen atoms in total. The van der Waals surface area contributed by atoms with Crippen LogP contribution >= 0.6 is 23.2 Å². The van der Waals surface area contributed by atoms with E-state index in [1.807, 2.05) is 0 Å². The second-order valence-electron chi connectivity index (χ2n) is 5.84. The molecule has 0 fully saturated rings. The van der Waals surface area contributed by atoms with Gasteiger partial charge < -0.3 is 19.7 Å². The number of ether oxygens (including phenoxy) is 1. The van der Waals surface area contributed by atoms with Gasteiger partial charge in [-0.25, -0.2) is 4.39 Å². The minimum absolute atomic E-state index is 0.0126. The highest BCUT2D eigenvalue weighted by atomic mass is 35.5. The van der Waals surface area contributed by atoms with E-state index in [9.17, 15) is 9.18 Å². The fourth-order valence-corrected chi connectivity index (χ4v) is 2.93. The van der Waals surface area contributed by atoms with E-state index >= 15 is 0 Å². The molecule has 1 N–H and O–H groups in total. The molecule has 1 amide bonds. The predicted molar refractivity (Wildman–Crippen MR) is 114 cm³/mol. The van der Waals surface area contributed by atoms with Gasteiger partial charge in [0.25, 0.3) is 5.91 Å². The molecule has 2 aromatic rings. The Morgan fingerprint density at radius 1 is 1.13 bits per heavy atom. The number of oxime groups is 2. The van der Waals surface area contributed by atoms with E-state index in [0.29, 0.717) is 21.2 Å². The molecule has 0 bridgehead atoms. The van der Waals surface area contributed by atoms with Crippen LogP contribution in [0.4, 0.5) is 4.39 Å². The Morgan fingerprint density at radius 3 is 2.57 bits per heavy atom. The largest absolute Gasteiger partial charge is 0.398 e. The lowest BCUT2D eigenvalue weighted by molar-refractivity contribution is -0.114. The van der Waals surface area contributed by atoms with E-state index in [4.69, 9.17) is 37.6 Å². The number of halogens is 3.